The van der Waals surface area contributed by atoms with Gasteiger partial charge in [-0.1, -0.05) is 113 Å². The van der Waals surface area contributed by atoms with E-state index in [-0.39, 0.29) is 12.5 Å². The molecule has 0 unspecified atom stereocenters. The van der Waals surface area contributed by atoms with E-state index in [1.54, 1.807) is 6.92 Å². The normalized spacial score (nSPS) is 12.9. The van der Waals surface area contributed by atoms with Gasteiger partial charge in [0.05, 0.1) is 12.3 Å². The molecule has 25 heavy (non-hydrogen) atoms. The lowest BCUT2D eigenvalue weighted by Crippen LogP contribution is -2.11. The van der Waals surface area contributed by atoms with Crippen LogP contribution in [0.4, 0.5) is 0 Å². The highest BCUT2D eigenvalue weighted by Gasteiger charge is 2.07. The quantitative estimate of drug-likeness (QED) is 0.204. The van der Waals surface area contributed by atoms with Crippen LogP contribution in [0.2, 0.25) is 0 Å². The number of carbonyl (C=O) groups is 1. The number of carbonyl (C=O) groups excluding carboxylic acids is 1. The van der Waals surface area contributed by atoms with E-state index in [2.05, 4.69) is 27.6 Å². The van der Waals surface area contributed by atoms with Crippen molar-refractivity contribution >= 4 is 56.9 Å². The van der Waals surface area contributed by atoms with Crippen LogP contribution in [0.5, 0.6) is 0 Å². The van der Waals surface area contributed by atoms with Gasteiger partial charge in [0, 0.05) is 18.0 Å². The number of ether oxygens (including phenoxy) is 1. The largest absolute Gasteiger partial charge is 0.465 e. The SMILES string of the molecule is CCOC(=O)CN=C(c1ccccc1)c1ccccc1.CI.[2H]C([2H])([2H])C([2H])([2H])I. The Hall–Kier alpha value is -0.960. The molecule has 2 aromatic rings. The van der Waals surface area contributed by atoms with Crippen molar-refractivity contribution < 1.29 is 16.4 Å². The monoisotopic (exact) mass is 570 g/mol. The first-order valence-corrected chi connectivity index (χ1v) is 10.7. The molecule has 0 bridgehead atoms. The standard InChI is InChI=1S/C17H17NO2.C2H5I.CH3I/c1-2-20-16(19)13-18-17(14-9-5-3-6-10-14)15-11-7-4-8-12-15;1-2-3;1-2/h3-12H,2,13H2,1H3;2H2,1H3;1H3/i;1D3,2D2;. The van der Waals surface area contributed by atoms with Crippen molar-refractivity contribution in [3.05, 3.63) is 71.8 Å². The van der Waals surface area contributed by atoms with Crippen LogP contribution < -0.4 is 0 Å². The Morgan fingerprint density at radius 2 is 1.52 bits per heavy atom. The van der Waals surface area contributed by atoms with Crippen molar-refractivity contribution in [1.82, 2.24) is 0 Å². The number of halogens is 2. The topological polar surface area (TPSA) is 38.7 Å². The van der Waals surface area contributed by atoms with Crippen LogP contribution >= 0.6 is 45.2 Å². The van der Waals surface area contributed by atoms with Gasteiger partial charge in [0.2, 0.25) is 0 Å². The smallest absolute Gasteiger partial charge is 0.327 e. The number of benzene rings is 2. The number of rotatable bonds is 5. The molecule has 2 rings (SSSR count). The lowest BCUT2D eigenvalue weighted by Gasteiger charge is -2.07. The second kappa shape index (κ2) is 16.5. The molecule has 0 aliphatic rings. The molecule has 0 fully saturated rings. The summed E-state index contributed by atoms with van der Waals surface area (Å²) >= 11 is 3.40. The fraction of sp³-hybridized carbons (Fsp3) is 0.300. The van der Waals surface area contributed by atoms with Crippen molar-refractivity contribution in [3.8, 4) is 0 Å². The van der Waals surface area contributed by atoms with Gasteiger partial charge in [0.1, 0.15) is 6.54 Å². The van der Waals surface area contributed by atoms with E-state index in [9.17, 15) is 4.79 Å². The van der Waals surface area contributed by atoms with E-state index in [1.807, 2.05) is 65.6 Å². The van der Waals surface area contributed by atoms with Gasteiger partial charge in [-0.3, -0.25) is 9.79 Å². The molecule has 5 heteroatoms. The molecule has 136 valence electrons. The number of esters is 1. The molecule has 0 heterocycles. The van der Waals surface area contributed by atoms with Gasteiger partial charge >= 0.3 is 5.97 Å². The zero-order chi connectivity index (χ0) is 23.2. The minimum Gasteiger partial charge on any atom is -0.465 e. The van der Waals surface area contributed by atoms with E-state index in [4.69, 9.17) is 11.6 Å². The summed E-state index contributed by atoms with van der Waals surface area (Å²) in [7, 11) is 0. The molecule has 3 nitrogen and oxygen atoms in total. The third kappa shape index (κ3) is 10.6. The highest BCUT2D eigenvalue weighted by molar-refractivity contribution is 14.1. The maximum atomic E-state index is 11.5. The summed E-state index contributed by atoms with van der Waals surface area (Å²) in [6.07, 6.45) is 0. The van der Waals surface area contributed by atoms with Gasteiger partial charge < -0.3 is 4.74 Å². The van der Waals surface area contributed by atoms with Crippen molar-refractivity contribution in [2.75, 3.05) is 22.5 Å². The molecule has 0 spiro atoms. The molecule has 0 atom stereocenters. The molecule has 0 saturated carbocycles. The van der Waals surface area contributed by atoms with Gasteiger partial charge in [0.15, 0.2) is 0 Å². The fourth-order valence-corrected chi connectivity index (χ4v) is 1.89. The van der Waals surface area contributed by atoms with Crippen LogP contribution in [0, 0.1) is 0 Å². The highest BCUT2D eigenvalue weighted by atomic mass is 127. The second-order valence-electron chi connectivity index (χ2n) is 4.30. The number of hydrogen-bond acceptors (Lipinski definition) is 3. The Balaban J connectivity index is 0.000000712. The van der Waals surface area contributed by atoms with Gasteiger partial charge in [-0.2, -0.15) is 0 Å². The Morgan fingerprint density at radius 1 is 1.08 bits per heavy atom. The molecular formula is C20H25I2NO2. The van der Waals surface area contributed by atoms with E-state index < -0.39 is 11.2 Å². The molecule has 0 radical (unpaired) electrons. The number of hydrogen-bond donors (Lipinski definition) is 0. The zero-order valence-electron chi connectivity index (χ0n) is 19.2. The maximum absolute atomic E-state index is 11.5. The predicted molar refractivity (Wildman–Crippen MR) is 125 cm³/mol. The number of aliphatic imine (C=N–C) groups is 1. The first-order chi connectivity index (χ1) is 14.1. The Morgan fingerprint density at radius 3 is 1.88 bits per heavy atom. The molecule has 0 aliphatic carbocycles. The van der Waals surface area contributed by atoms with E-state index >= 15 is 0 Å². The van der Waals surface area contributed by atoms with Crippen LogP contribution in [0.25, 0.3) is 0 Å². The maximum Gasteiger partial charge on any atom is 0.327 e. The van der Waals surface area contributed by atoms with Gasteiger partial charge in [0.25, 0.3) is 0 Å². The molecule has 2 aromatic carbocycles. The summed E-state index contributed by atoms with van der Waals surface area (Å²) in [4.78, 5) is 17.9. The molecule has 0 aliphatic heterocycles. The van der Waals surface area contributed by atoms with Crippen LogP contribution in [0.3, 0.4) is 0 Å². The third-order valence-electron chi connectivity index (χ3n) is 2.77. The highest BCUT2D eigenvalue weighted by Crippen LogP contribution is 2.10. The number of alkyl halides is 2. The van der Waals surface area contributed by atoms with Crippen LogP contribution in [0.1, 0.15) is 31.8 Å². The summed E-state index contributed by atoms with van der Waals surface area (Å²) in [5.74, 6) is -0.308. The van der Waals surface area contributed by atoms with Gasteiger partial charge in [-0.15, -0.1) is 0 Å². The molecule has 0 saturated heterocycles. The van der Waals surface area contributed by atoms with Crippen molar-refractivity contribution in [3.63, 3.8) is 0 Å². The summed E-state index contributed by atoms with van der Waals surface area (Å²) in [6, 6.07) is 19.7. The van der Waals surface area contributed by atoms with Crippen molar-refractivity contribution in [2.45, 2.75) is 13.8 Å². The van der Waals surface area contributed by atoms with Crippen molar-refractivity contribution in [2.24, 2.45) is 4.99 Å². The minimum absolute atomic E-state index is 0.0347. The Labute approximate surface area is 185 Å². The lowest BCUT2D eigenvalue weighted by molar-refractivity contribution is -0.141. The second-order valence-corrected chi connectivity index (χ2v) is 4.84. The summed E-state index contributed by atoms with van der Waals surface area (Å²) in [5.41, 5.74) is 2.78. The zero-order valence-corrected chi connectivity index (χ0v) is 18.5. The first kappa shape index (κ1) is 16.2. The van der Waals surface area contributed by atoms with Gasteiger partial charge in [-0.05, 0) is 16.2 Å². The number of nitrogens with zero attached hydrogens (tertiary/aromatic N) is 1. The van der Waals surface area contributed by atoms with Crippen LogP contribution in [-0.4, -0.2) is 34.1 Å². The lowest BCUT2D eigenvalue weighted by atomic mass is 10.0. The molecule has 0 aromatic heterocycles. The molecular weight excluding hydrogens is 540 g/mol. The predicted octanol–water partition coefficient (Wildman–Crippen LogP) is 5.58. The summed E-state index contributed by atoms with van der Waals surface area (Å²) in [5, 5.41) is 0. The third-order valence-corrected chi connectivity index (χ3v) is 2.77. The molecule has 0 amide bonds. The van der Waals surface area contributed by atoms with E-state index in [1.165, 1.54) is 22.6 Å². The fourth-order valence-electron chi connectivity index (χ4n) is 1.89. The summed E-state index contributed by atoms with van der Waals surface area (Å²) in [6.45, 7) is -0.294. The van der Waals surface area contributed by atoms with Crippen LogP contribution in [-0.2, 0) is 9.53 Å². The van der Waals surface area contributed by atoms with E-state index in [0.717, 1.165) is 16.8 Å². The average molecular weight is 570 g/mol. The average Bonchev–Trinajstić information content (AvgIpc) is 2.70. The van der Waals surface area contributed by atoms with E-state index in [0.29, 0.717) is 6.61 Å². The first-order valence-electron chi connectivity index (χ1n) is 9.94. The van der Waals surface area contributed by atoms with Gasteiger partial charge in [-0.25, -0.2) is 0 Å². The summed E-state index contributed by atoms with van der Waals surface area (Å²) < 4.78 is 35.8. The Kier molecular flexibility index (Phi) is 10.7. The Bertz CT molecular complexity index is 711. The van der Waals surface area contributed by atoms with Crippen LogP contribution in [0.15, 0.2) is 65.7 Å². The molecule has 0 N–H and O–H groups in total. The minimum atomic E-state index is -2.49. The van der Waals surface area contributed by atoms with Crippen molar-refractivity contribution in [1.29, 1.82) is 0 Å².